The van der Waals surface area contributed by atoms with Gasteiger partial charge >= 0.3 is 0 Å². The molecule has 5 rings (SSSR count). The first-order valence-electron chi connectivity index (χ1n) is 11.3. The van der Waals surface area contributed by atoms with E-state index in [1.807, 2.05) is 29.8 Å². The minimum atomic E-state index is -2.78. The van der Waals surface area contributed by atoms with Gasteiger partial charge in [0.15, 0.2) is 0 Å². The number of aryl methyl sites for hydroxylation is 1. The van der Waals surface area contributed by atoms with Crippen molar-refractivity contribution < 1.29 is 22.7 Å². The van der Waals surface area contributed by atoms with Crippen LogP contribution in [0.3, 0.4) is 0 Å². The van der Waals surface area contributed by atoms with Gasteiger partial charge in [0.2, 0.25) is 0 Å². The van der Waals surface area contributed by atoms with Crippen LogP contribution in [0.2, 0.25) is 0 Å². The largest absolute Gasteiger partial charge is 0.495 e. The maximum Gasteiger partial charge on any atom is 0.256 e. The molecular weight excluding hydrogens is 473 g/mol. The van der Waals surface area contributed by atoms with E-state index in [1.165, 1.54) is 22.9 Å². The van der Waals surface area contributed by atoms with Crippen molar-refractivity contribution >= 4 is 11.6 Å². The molecule has 1 aliphatic rings. The summed E-state index contributed by atoms with van der Waals surface area (Å²) in [6.45, 7) is 1.06. The van der Waals surface area contributed by atoms with Crippen molar-refractivity contribution in [1.82, 2.24) is 24.5 Å². The van der Waals surface area contributed by atoms with E-state index in [9.17, 15) is 18.0 Å². The predicted octanol–water partition coefficient (Wildman–Crippen LogP) is 4.37. The number of aromatic nitrogens is 5. The third-order valence-electron chi connectivity index (χ3n) is 6.22. The van der Waals surface area contributed by atoms with E-state index in [4.69, 9.17) is 4.74 Å². The molecule has 2 aromatic heterocycles. The number of rotatable bonds is 6. The first-order valence-corrected chi connectivity index (χ1v) is 11.3. The van der Waals surface area contributed by atoms with Gasteiger partial charge < -0.3 is 14.2 Å². The number of carbonyl (C=O) groups excluding carboxylic acids is 1. The highest BCUT2D eigenvalue weighted by Gasteiger charge is 2.35. The van der Waals surface area contributed by atoms with Crippen molar-refractivity contribution in [2.75, 3.05) is 18.6 Å². The lowest BCUT2D eigenvalue weighted by atomic mass is 10.1. The SMILES string of the molecule is COc1cc(-c2cn([C@@H]3CCc4c(F)cccc4N(CC(F)F)C3=O)nn2)ccc1-n1cnc(C)c1. The maximum absolute atomic E-state index is 14.5. The number of methoxy groups -OCH3 is 1. The second kappa shape index (κ2) is 9.48. The first-order chi connectivity index (χ1) is 17.4. The molecule has 0 fully saturated rings. The Kier molecular flexibility index (Phi) is 6.21. The second-order valence-corrected chi connectivity index (χ2v) is 8.52. The number of alkyl halides is 2. The Morgan fingerprint density at radius 3 is 2.72 bits per heavy atom. The Labute approximate surface area is 204 Å². The van der Waals surface area contributed by atoms with Crippen molar-refractivity contribution in [1.29, 1.82) is 0 Å². The van der Waals surface area contributed by atoms with Gasteiger partial charge in [-0.1, -0.05) is 17.3 Å². The van der Waals surface area contributed by atoms with Crippen LogP contribution in [-0.2, 0) is 11.2 Å². The van der Waals surface area contributed by atoms with E-state index < -0.39 is 30.7 Å². The molecule has 0 unspecified atom stereocenters. The lowest BCUT2D eigenvalue weighted by Gasteiger charge is -2.25. The standard InChI is InChI=1S/C25H23F3N6O2/c1-15-11-32(14-29-15)21-8-6-16(10-23(21)36-2)19-12-34(31-30-19)22-9-7-17-18(26)4-3-5-20(17)33(25(22)35)13-24(27)28/h3-6,8,10-12,14,22,24H,7,9,13H2,1-2H3/t22-/m1/s1. The zero-order valence-corrected chi connectivity index (χ0v) is 19.6. The number of ether oxygens (including phenoxy) is 1. The van der Waals surface area contributed by atoms with E-state index >= 15 is 0 Å². The molecule has 11 heteroatoms. The van der Waals surface area contributed by atoms with Crippen molar-refractivity contribution in [2.45, 2.75) is 32.2 Å². The van der Waals surface area contributed by atoms with Crippen LogP contribution in [0, 0.1) is 12.7 Å². The van der Waals surface area contributed by atoms with Crippen LogP contribution >= 0.6 is 0 Å². The second-order valence-electron chi connectivity index (χ2n) is 8.52. The van der Waals surface area contributed by atoms with Gasteiger partial charge in [0.25, 0.3) is 12.3 Å². The fourth-order valence-corrected chi connectivity index (χ4v) is 4.49. The first kappa shape index (κ1) is 23.6. The molecule has 0 aliphatic carbocycles. The number of imidazole rings is 1. The predicted molar refractivity (Wildman–Crippen MR) is 126 cm³/mol. The van der Waals surface area contributed by atoms with Crippen LogP contribution in [0.25, 0.3) is 16.9 Å². The van der Waals surface area contributed by atoms with Gasteiger partial charge in [0.1, 0.15) is 23.3 Å². The van der Waals surface area contributed by atoms with Crippen molar-refractivity contribution in [3.63, 3.8) is 0 Å². The number of fused-ring (bicyclic) bond motifs is 1. The summed E-state index contributed by atoms with van der Waals surface area (Å²) in [5.41, 5.74) is 3.22. The molecular formula is C25H23F3N6O2. The van der Waals surface area contributed by atoms with Crippen LogP contribution < -0.4 is 9.64 Å². The topological polar surface area (TPSA) is 78.1 Å². The molecule has 4 aromatic rings. The van der Waals surface area contributed by atoms with Crippen LogP contribution in [0.1, 0.15) is 23.7 Å². The highest BCUT2D eigenvalue weighted by molar-refractivity contribution is 5.97. The van der Waals surface area contributed by atoms with E-state index in [0.717, 1.165) is 16.3 Å². The van der Waals surface area contributed by atoms with Gasteiger partial charge in [-0.25, -0.2) is 22.8 Å². The van der Waals surface area contributed by atoms with Crippen LogP contribution in [0.4, 0.5) is 18.9 Å². The Morgan fingerprint density at radius 2 is 2.00 bits per heavy atom. The molecule has 36 heavy (non-hydrogen) atoms. The molecule has 0 saturated heterocycles. The number of carbonyl (C=O) groups is 1. The Bertz CT molecular complexity index is 1420. The molecule has 3 heterocycles. The zero-order valence-electron chi connectivity index (χ0n) is 19.6. The summed E-state index contributed by atoms with van der Waals surface area (Å²) >= 11 is 0. The Balaban J connectivity index is 1.47. The molecule has 0 spiro atoms. The van der Waals surface area contributed by atoms with Gasteiger partial charge in [0, 0.05) is 17.3 Å². The third kappa shape index (κ3) is 4.32. The lowest BCUT2D eigenvalue weighted by Crippen LogP contribution is -2.39. The average molecular weight is 496 g/mol. The quantitative estimate of drug-likeness (QED) is 0.396. The minimum Gasteiger partial charge on any atom is -0.495 e. The Hall–Kier alpha value is -4.15. The molecule has 0 bridgehead atoms. The van der Waals surface area contributed by atoms with E-state index in [1.54, 1.807) is 25.7 Å². The molecule has 0 N–H and O–H groups in total. The summed E-state index contributed by atoms with van der Waals surface area (Å²) in [7, 11) is 1.56. The van der Waals surface area contributed by atoms with Crippen molar-refractivity contribution in [2.24, 2.45) is 0 Å². The summed E-state index contributed by atoms with van der Waals surface area (Å²) in [4.78, 5) is 18.5. The Morgan fingerprint density at radius 1 is 1.17 bits per heavy atom. The maximum atomic E-state index is 14.5. The smallest absolute Gasteiger partial charge is 0.256 e. The molecule has 1 amide bonds. The number of benzene rings is 2. The van der Waals surface area contributed by atoms with Crippen LogP contribution in [-0.4, -0.2) is 50.5 Å². The van der Waals surface area contributed by atoms with E-state index in [2.05, 4.69) is 15.3 Å². The van der Waals surface area contributed by atoms with E-state index in [0.29, 0.717) is 17.0 Å². The summed E-state index contributed by atoms with van der Waals surface area (Å²) < 4.78 is 50.0. The number of nitrogens with zero attached hydrogens (tertiary/aromatic N) is 6. The molecule has 8 nitrogen and oxygen atoms in total. The fraction of sp³-hybridized carbons (Fsp3) is 0.280. The molecule has 0 radical (unpaired) electrons. The summed E-state index contributed by atoms with van der Waals surface area (Å²) in [6.07, 6.45) is 2.76. The molecule has 0 saturated carbocycles. The lowest BCUT2D eigenvalue weighted by molar-refractivity contribution is -0.122. The third-order valence-corrected chi connectivity index (χ3v) is 6.22. The zero-order chi connectivity index (χ0) is 25.4. The van der Waals surface area contributed by atoms with Gasteiger partial charge in [-0.15, -0.1) is 5.10 Å². The van der Waals surface area contributed by atoms with E-state index in [-0.39, 0.29) is 24.1 Å². The highest BCUT2D eigenvalue weighted by Crippen LogP contribution is 2.34. The molecule has 186 valence electrons. The number of hydrogen-bond donors (Lipinski definition) is 0. The number of amides is 1. The average Bonchev–Trinajstić information content (AvgIpc) is 3.49. The van der Waals surface area contributed by atoms with Gasteiger partial charge in [-0.2, -0.15) is 0 Å². The van der Waals surface area contributed by atoms with Crippen molar-refractivity contribution in [3.8, 4) is 22.7 Å². The molecule has 1 aliphatic heterocycles. The number of halogens is 3. The van der Waals surface area contributed by atoms with Gasteiger partial charge in [-0.05, 0) is 44.0 Å². The number of anilines is 1. The van der Waals surface area contributed by atoms with Crippen molar-refractivity contribution in [3.05, 3.63) is 72.2 Å². The molecule has 1 atom stereocenters. The molecule has 2 aromatic carbocycles. The van der Waals surface area contributed by atoms with Gasteiger partial charge in [-0.3, -0.25) is 4.79 Å². The number of hydrogen-bond acceptors (Lipinski definition) is 5. The normalized spacial score (nSPS) is 15.8. The monoisotopic (exact) mass is 496 g/mol. The summed E-state index contributed by atoms with van der Waals surface area (Å²) in [6, 6.07) is 8.74. The minimum absolute atomic E-state index is 0.165. The summed E-state index contributed by atoms with van der Waals surface area (Å²) in [5.74, 6) is -0.529. The summed E-state index contributed by atoms with van der Waals surface area (Å²) in [5, 5.41) is 8.34. The highest BCUT2D eigenvalue weighted by atomic mass is 19.3. The van der Waals surface area contributed by atoms with Crippen LogP contribution in [0.5, 0.6) is 5.75 Å². The van der Waals surface area contributed by atoms with Gasteiger partial charge in [0.05, 0.1) is 43.2 Å². The fourth-order valence-electron chi connectivity index (χ4n) is 4.49. The van der Waals surface area contributed by atoms with Crippen LogP contribution in [0.15, 0.2) is 55.1 Å².